The van der Waals surface area contributed by atoms with E-state index < -0.39 is 0 Å². The van der Waals surface area contributed by atoms with E-state index in [2.05, 4.69) is 19.8 Å². The molecule has 5 heteroatoms. The van der Waals surface area contributed by atoms with Crippen molar-refractivity contribution >= 4 is 17.5 Å². The molecule has 0 aliphatic carbocycles. The Morgan fingerprint density at radius 3 is 2.50 bits per heavy atom. The number of rotatable bonds is 3. The van der Waals surface area contributed by atoms with Crippen molar-refractivity contribution < 1.29 is 0 Å². The predicted molar refractivity (Wildman–Crippen MR) is 65.7 cm³/mol. The number of nitrogens with zero attached hydrogens (tertiary/aromatic N) is 4. The molecule has 0 spiro atoms. The molecule has 1 aromatic heterocycles. The highest BCUT2D eigenvalue weighted by molar-refractivity contribution is 6.25. The standard InChI is InChI=1S/C11H15ClN4/c12-3-1-6-15-7-9-16(10-8-15)11-13-4-2-5-14-11/h1-5H,6-10H2/b3-1+. The molecule has 4 nitrogen and oxygen atoms in total. The van der Waals surface area contributed by atoms with Crippen molar-refractivity contribution in [1.82, 2.24) is 14.9 Å². The smallest absolute Gasteiger partial charge is 0.225 e. The lowest BCUT2D eigenvalue weighted by molar-refractivity contribution is 0.282. The fourth-order valence-corrected chi connectivity index (χ4v) is 1.85. The second-order valence-corrected chi connectivity index (χ2v) is 3.95. The van der Waals surface area contributed by atoms with E-state index in [0.29, 0.717) is 0 Å². The summed E-state index contributed by atoms with van der Waals surface area (Å²) < 4.78 is 0. The molecule has 0 atom stereocenters. The first-order valence-corrected chi connectivity index (χ1v) is 5.83. The minimum Gasteiger partial charge on any atom is -0.338 e. The Kier molecular flexibility index (Phi) is 4.13. The first kappa shape index (κ1) is 11.4. The van der Waals surface area contributed by atoms with Crippen LogP contribution in [-0.2, 0) is 0 Å². The number of piperazine rings is 1. The Hall–Kier alpha value is -1.13. The lowest BCUT2D eigenvalue weighted by atomic mass is 10.3. The van der Waals surface area contributed by atoms with E-state index in [1.807, 2.05) is 12.1 Å². The van der Waals surface area contributed by atoms with Gasteiger partial charge in [-0.25, -0.2) is 9.97 Å². The monoisotopic (exact) mass is 238 g/mol. The molecule has 0 saturated carbocycles. The molecule has 2 rings (SSSR count). The maximum atomic E-state index is 5.51. The lowest BCUT2D eigenvalue weighted by Crippen LogP contribution is -2.46. The molecule has 1 saturated heterocycles. The van der Waals surface area contributed by atoms with E-state index in [-0.39, 0.29) is 0 Å². The molecule has 0 aromatic carbocycles. The molecule has 0 radical (unpaired) electrons. The lowest BCUT2D eigenvalue weighted by Gasteiger charge is -2.33. The van der Waals surface area contributed by atoms with Crippen LogP contribution in [0.5, 0.6) is 0 Å². The van der Waals surface area contributed by atoms with Crippen LogP contribution in [0.1, 0.15) is 0 Å². The topological polar surface area (TPSA) is 32.3 Å². The van der Waals surface area contributed by atoms with E-state index in [9.17, 15) is 0 Å². The van der Waals surface area contributed by atoms with Crippen molar-refractivity contribution in [2.24, 2.45) is 0 Å². The van der Waals surface area contributed by atoms with Gasteiger partial charge < -0.3 is 4.90 Å². The Morgan fingerprint density at radius 1 is 1.19 bits per heavy atom. The zero-order valence-electron chi connectivity index (χ0n) is 9.09. The normalized spacial score (nSPS) is 18.2. The molecule has 1 aliphatic rings. The van der Waals surface area contributed by atoms with Gasteiger partial charge in [0, 0.05) is 50.7 Å². The molecule has 0 unspecified atom stereocenters. The maximum absolute atomic E-state index is 5.51. The van der Waals surface area contributed by atoms with E-state index in [1.165, 1.54) is 0 Å². The van der Waals surface area contributed by atoms with Crippen LogP contribution in [0.15, 0.2) is 30.1 Å². The zero-order chi connectivity index (χ0) is 11.2. The second kappa shape index (κ2) is 5.82. The van der Waals surface area contributed by atoms with Crippen LogP contribution in [0, 0.1) is 0 Å². The van der Waals surface area contributed by atoms with Gasteiger partial charge in [-0.05, 0) is 6.07 Å². The van der Waals surface area contributed by atoms with Crippen LogP contribution in [0.2, 0.25) is 0 Å². The van der Waals surface area contributed by atoms with Gasteiger partial charge in [0.25, 0.3) is 0 Å². The van der Waals surface area contributed by atoms with E-state index in [0.717, 1.165) is 38.7 Å². The van der Waals surface area contributed by atoms with E-state index in [1.54, 1.807) is 17.9 Å². The van der Waals surface area contributed by atoms with Crippen molar-refractivity contribution in [2.75, 3.05) is 37.6 Å². The van der Waals surface area contributed by atoms with Gasteiger partial charge in [-0.2, -0.15) is 0 Å². The third kappa shape index (κ3) is 2.93. The summed E-state index contributed by atoms with van der Waals surface area (Å²) in [6.07, 6.45) is 5.53. The van der Waals surface area contributed by atoms with Gasteiger partial charge in [0.15, 0.2) is 0 Å². The molecular formula is C11H15ClN4. The van der Waals surface area contributed by atoms with Crippen molar-refractivity contribution in [3.8, 4) is 0 Å². The maximum Gasteiger partial charge on any atom is 0.225 e. The Balaban J connectivity index is 1.86. The van der Waals surface area contributed by atoms with Crippen LogP contribution >= 0.6 is 11.6 Å². The molecule has 0 bridgehead atoms. The number of aromatic nitrogens is 2. The number of halogens is 1. The van der Waals surface area contributed by atoms with Gasteiger partial charge in [-0.1, -0.05) is 17.7 Å². The quantitative estimate of drug-likeness (QED) is 0.796. The molecule has 16 heavy (non-hydrogen) atoms. The highest BCUT2D eigenvalue weighted by Gasteiger charge is 2.17. The molecule has 0 amide bonds. The Bertz CT molecular complexity index is 333. The molecule has 86 valence electrons. The summed E-state index contributed by atoms with van der Waals surface area (Å²) in [5, 5.41) is 0. The average Bonchev–Trinajstić information content (AvgIpc) is 2.38. The summed E-state index contributed by atoms with van der Waals surface area (Å²) in [5.74, 6) is 0.829. The van der Waals surface area contributed by atoms with Gasteiger partial charge in [0.1, 0.15) is 0 Å². The number of anilines is 1. The van der Waals surface area contributed by atoms with Crippen LogP contribution in [0.4, 0.5) is 5.95 Å². The Morgan fingerprint density at radius 2 is 1.88 bits per heavy atom. The predicted octanol–water partition coefficient (Wildman–Crippen LogP) is 1.35. The van der Waals surface area contributed by atoms with Crippen LogP contribution in [0.25, 0.3) is 0 Å². The second-order valence-electron chi connectivity index (χ2n) is 3.70. The largest absolute Gasteiger partial charge is 0.338 e. The highest BCUT2D eigenvalue weighted by Crippen LogP contribution is 2.09. The first-order valence-electron chi connectivity index (χ1n) is 5.39. The zero-order valence-corrected chi connectivity index (χ0v) is 9.85. The fraction of sp³-hybridized carbons (Fsp3) is 0.455. The molecule has 1 aliphatic heterocycles. The van der Waals surface area contributed by atoms with Crippen molar-refractivity contribution in [1.29, 1.82) is 0 Å². The number of hydrogen-bond donors (Lipinski definition) is 0. The molecule has 1 fully saturated rings. The van der Waals surface area contributed by atoms with Gasteiger partial charge in [0.05, 0.1) is 0 Å². The fourth-order valence-electron chi connectivity index (χ4n) is 1.77. The highest BCUT2D eigenvalue weighted by atomic mass is 35.5. The minimum absolute atomic E-state index is 0.829. The van der Waals surface area contributed by atoms with Crippen molar-refractivity contribution in [3.05, 3.63) is 30.1 Å². The van der Waals surface area contributed by atoms with Gasteiger partial charge >= 0.3 is 0 Å². The van der Waals surface area contributed by atoms with Crippen molar-refractivity contribution in [3.63, 3.8) is 0 Å². The average molecular weight is 239 g/mol. The molecular weight excluding hydrogens is 224 g/mol. The Labute approximate surface area is 101 Å². The summed E-state index contributed by atoms with van der Waals surface area (Å²) in [4.78, 5) is 13.1. The summed E-state index contributed by atoms with van der Waals surface area (Å²) >= 11 is 5.51. The van der Waals surface area contributed by atoms with Crippen LogP contribution in [0.3, 0.4) is 0 Å². The van der Waals surface area contributed by atoms with E-state index in [4.69, 9.17) is 11.6 Å². The summed E-state index contributed by atoms with van der Waals surface area (Å²) in [6.45, 7) is 4.92. The molecule has 0 N–H and O–H groups in total. The third-order valence-electron chi connectivity index (χ3n) is 2.66. The minimum atomic E-state index is 0.829. The first-order chi connectivity index (χ1) is 7.90. The summed E-state index contributed by atoms with van der Waals surface area (Å²) in [5.41, 5.74) is 1.58. The SMILES string of the molecule is Cl/C=C/CN1CCN(c2ncccn2)CC1. The molecule has 1 aromatic rings. The van der Waals surface area contributed by atoms with Gasteiger partial charge in [-0.15, -0.1) is 0 Å². The third-order valence-corrected chi connectivity index (χ3v) is 2.84. The van der Waals surface area contributed by atoms with Crippen LogP contribution in [-0.4, -0.2) is 47.6 Å². The van der Waals surface area contributed by atoms with Gasteiger partial charge in [0.2, 0.25) is 5.95 Å². The van der Waals surface area contributed by atoms with Crippen molar-refractivity contribution in [2.45, 2.75) is 0 Å². The number of hydrogen-bond acceptors (Lipinski definition) is 4. The summed E-state index contributed by atoms with van der Waals surface area (Å²) in [6, 6.07) is 1.84. The summed E-state index contributed by atoms with van der Waals surface area (Å²) in [7, 11) is 0. The van der Waals surface area contributed by atoms with E-state index >= 15 is 0 Å². The van der Waals surface area contributed by atoms with Crippen LogP contribution < -0.4 is 4.90 Å². The van der Waals surface area contributed by atoms with Gasteiger partial charge in [-0.3, -0.25) is 4.90 Å². The molecule has 2 heterocycles.